The molecule has 3 N–H and O–H groups in total. The summed E-state index contributed by atoms with van der Waals surface area (Å²) in [6.45, 7) is 1.94. The molecule has 1 saturated carbocycles. The number of carboxylic acids is 1. The lowest BCUT2D eigenvalue weighted by molar-refractivity contribution is -0.138. The molecule has 2 aliphatic heterocycles. The molecule has 0 unspecified atom stereocenters. The molecule has 3 fully saturated rings. The lowest BCUT2D eigenvalue weighted by Gasteiger charge is -2.51. The highest BCUT2D eigenvalue weighted by molar-refractivity contribution is 6.23. The number of carbonyl (C=O) groups excluding carboxylic acids is 4. The number of amides is 4. The number of phenolic OH excluding ortho intramolecular Hbond substituents is 1. The Balaban J connectivity index is 1.27. The average Bonchev–Trinajstić information content (AvgIpc) is 3.57. The number of anilines is 2. The van der Waals surface area contributed by atoms with Gasteiger partial charge in [-0.25, -0.2) is 4.79 Å². The summed E-state index contributed by atoms with van der Waals surface area (Å²) in [4.78, 5) is 72.1. The fourth-order valence-corrected chi connectivity index (χ4v) is 9.68. The van der Waals surface area contributed by atoms with Crippen LogP contribution < -0.4 is 10.3 Å². The maximum absolute atomic E-state index is 15.5. The van der Waals surface area contributed by atoms with Crippen molar-refractivity contribution in [2.75, 3.05) is 10.3 Å². The molecule has 4 amide bonds. The normalized spacial score (nSPS) is 26.0. The molecule has 0 spiro atoms. The number of imide groups is 2. The molecule has 5 aromatic carbocycles. The molecule has 10 heteroatoms. The summed E-state index contributed by atoms with van der Waals surface area (Å²) in [5.41, 5.74) is 4.99. The second kappa shape index (κ2) is 12.3. The average molecular weight is 718 g/mol. The van der Waals surface area contributed by atoms with E-state index in [1.165, 1.54) is 18.2 Å². The highest BCUT2D eigenvalue weighted by Crippen LogP contribution is 2.65. The fourth-order valence-electron chi connectivity index (χ4n) is 9.68. The van der Waals surface area contributed by atoms with Crippen molar-refractivity contribution in [3.05, 3.63) is 149 Å². The molecular weight excluding hydrogens is 682 g/mol. The maximum atomic E-state index is 15.5. The van der Waals surface area contributed by atoms with Crippen molar-refractivity contribution in [1.82, 2.24) is 5.01 Å². The van der Waals surface area contributed by atoms with Gasteiger partial charge in [0, 0.05) is 11.5 Å². The van der Waals surface area contributed by atoms with Crippen LogP contribution in [-0.4, -0.2) is 44.8 Å². The van der Waals surface area contributed by atoms with Crippen LogP contribution in [0, 0.1) is 30.6 Å². The van der Waals surface area contributed by atoms with Gasteiger partial charge in [0.05, 0.1) is 40.1 Å². The Labute approximate surface area is 310 Å². The lowest BCUT2D eigenvalue weighted by Crippen LogP contribution is -2.53. The topological polar surface area (TPSA) is 144 Å². The number of aryl methyl sites for hydroxylation is 1. The number of nitrogens with one attached hydrogen (secondary N) is 1. The van der Waals surface area contributed by atoms with Crippen molar-refractivity contribution >= 4 is 51.7 Å². The standard InChI is InChI=1S/C44H35N3O7/c1-24-14-17-28(18-15-24)45-47-40(50)34-23-33-31(19-20-32-36(33)41(51)46(39(32)49)29-12-7-9-26(22-29)42(52)53)38(44(34,43(47)54)27-10-3-2-4-11-27)37-30-13-6-5-8-25(30)16-21-35(37)48/h2-19,21-22,32-34,36,38,45,48H,20,23H2,1H3,(H,52,53)/t32-,33+,34-,36-,38+,44+/m0/s1. The smallest absolute Gasteiger partial charge is 0.335 e. The number of hydrogen-bond donors (Lipinski definition) is 3. The summed E-state index contributed by atoms with van der Waals surface area (Å²) in [5, 5.41) is 24.2. The van der Waals surface area contributed by atoms with Crippen molar-refractivity contribution in [3.63, 3.8) is 0 Å². The third kappa shape index (κ3) is 4.68. The Hall–Kier alpha value is -6.55. The zero-order valence-corrected chi connectivity index (χ0v) is 29.2. The monoisotopic (exact) mass is 717 g/mol. The Morgan fingerprint density at radius 1 is 0.796 bits per heavy atom. The number of hydrazine groups is 1. The van der Waals surface area contributed by atoms with Crippen LogP contribution in [0.1, 0.15) is 45.8 Å². The SMILES string of the molecule is Cc1ccc(NN2C(=O)[C@@H]3C[C@@H]4C(=CC[C@@H]5C(=O)N(c6cccc(C(=O)O)c6)C(=O)[C@@H]54)[C@H](c4c(O)ccc5ccccc45)[C@]3(c3ccccc3)C2=O)cc1. The van der Waals surface area contributed by atoms with E-state index in [2.05, 4.69) is 5.43 Å². The quantitative estimate of drug-likeness (QED) is 0.129. The van der Waals surface area contributed by atoms with Crippen LogP contribution in [0.5, 0.6) is 5.75 Å². The third-order valence-electron chi connectivity index (χ3n) is 12.0. The van der Waals surface area contributed by atoms with Crippen LogP contribution in [0.3, 0.4) is 0 Å². The summed E-state index contributed by atoms with van der Waals surface area (Å²) >= 11 is 0. The number of carbonyl (C=O) groups is 5. The van der Waals surface area contributed by atoms with E-state index in [0.717, 1.165) is 20.9 Å². The van der Waals surface area contributed by atoms with Gasteiger partial charge in [0.15, 0.2) is 0 Å². The van der Waals surface area contributed by atoms with Gasteiger partial charge in [-0.2, -0.15) is 5.01 Å². The van der Waals surface area contributed by atoms with Gasteiger partial charge in [-0.3, -0.25) is 29.5 Å². The number of aromatic carboxylic acids is 1. The van der Waals surface area contributed by atoms with E-state index in [4.69, 9.17) is 0 Å². The van der Waals surface area contributed by atoms with Crippen molar-refractivity contribution in [3.8, 4) is 5.75 Å². The summed E-state index contributed by atoms with van der Waals surface area (Å²) in [6, 6.07) is 33.3. The number of rotatable bonds is 6. The zero-order valence-electron chi connectivity index (χ0n) is 29.2. The first-order valence-corrected chi connectivity index (χ1v) is 18.0. The number of carboxylic acid groups (broad SMARTS) is 1. The second-order valence-corrected chi connectivity index (χ2v) is 14.7. The van der Waals surface area contributed by atoms with E-state index >= 15 is 4.79 Å². The number of hydrogen-bond acceptors (Lipinski definition) is 7. The first kappa shape index (κ1) is 33.3. The Morgan fingerprint density at radius 3 is 2.30 bits per heavy atom. The van der Waals surface area contributed by atoms with E-state index in [1.807, 2.05) is 85.8 Å². The molecule has 9 rings (SSSR count). The summed E-state index contributed by atoms with van der Waals surface area (Å²) in [7, 11) is 0. The van der Waals surface area contributed by atoms with Crippen LogP contribution in [0.2, 0.25) is 0 Å². The fraction of sp³-hybridized carbons (Fsp3) is 0.205. The Morgan fingerprint density at radius 2 is 1.54 bits per heavy atom. The molecule has 2 saturated heterocycles. The summed E-state index contributed by atoms with van der Waals surface area (Å²) < 4.78 is 0. The number of phenols is 1. The van der Waals surface area contributed by atoms with Crippen LogP contribution in [0.15, 0.2) is 127 Å². The predicted octanol–water partition coefficient (Wildman–Crippen LogP) is 6.74. The molecule has 2 aliphatic carbocycles. The number of allylic oxidation sites excluding steroid dienone is 2. The highest BCUT2D eigenvalue weighted by atomic mass is 16.4. The minimum absolute atomic E-state index is 0.0532. The Kier molecular flexibility index (Phi) is 7.56. The van der Waals surface area contributed by atoms with Crippen LogP contribution in [-0.2, 0) is 24.6 Å². The molecule has 10 nitrogen and oxygen atoms in total. The molecule has 5 aromatic rings. The van der Waals surface area contributed by atoms with E-state index < -0.39 is 64.6 Å². The van der Waals surface area contributed by atoms with E-state index in [0.29, 0.717) is 27.8 Å². The lowest BCUT2D eigenvalue weighted by atomic mass is 9.48. The van der Waals surface area contributed by atoms with Gasteiger partial charge in [0.2, 0.25) is 11.8 Å². The molecule has 268 valence electrons. The van der Waals surface area contributed by atoms with Crippen molar-refractivity contribution in [2.24, 2.45) is 23.7 Å². The van der Waals surface area contributed by atoms with Crippen LogP contribution in [0.4, 0.5) is 11.4 Å². The number of aromatic hydroxyl groups is 1. The van der Waals surface area contributed by atoms with E-state index in [1.54, 1.807) is 24.3 Å². The van der Waals surface area contributed by atoms with Gasteiger partial charge in [-0.15, -0.1) is 0 Å². The molecule has 2 heterocycles. The Bertz CT molecular complexity index is 2460. The van der Waals surface area contributed by atoms with Crippen molar-refractivity contribution in [2.45, 2.75) is 31.1 Å². The first-order chi connectivity index (χ1) is 26.1. The number of fused-ring (bicyclic) bond motifs is 5. The molecule has 4 aliphatic rings. The van der Waals surface area contributed by atoms with Crippen molar-refractivity contribution < 1.29 is 34.2 Å². The molecule has 0 radical (unpaired) electrons. The molecule has 0 bridgehead atoms. The van der Waals surface area contributed by atoms with Gasteiger partial charge in [-0.05, 0) is 78.4 Å². The van der Waals surface area contributed by atoms with E-state index in [-0.39, 0.29) is 29.8 Å². The largest absolute Gasteiger partial charge is 0.508 e. The summed E-state index contributed by atoms with van der Waals surface area (Å²) in [6.07, 6.45) is 2.21. The molecule has 54 heavy (non-hydrogen) atoms. The molecular formula is C44H35N3O7. The molecule has 6 atom stereocenters. The van der Waals surface area contributed by atoms with Gasteiger partial charge >= 0.3 is 5.97 Å². The zero-order chi connectivity index (χ0) is 37.5. The number of nitrogens with zero attached hydrogens (tertiary/aromatic N) is 2. The van der Waals surface area contributed by atoms with Crippen LogP contribution in [0.25, 0.3) is 10.8 Å². The highest BCUT2D eigenvalue weighted by Gasteiger charge is 2.70. The maximum Gasteiger partial charge on any atom is 0.335 e. The minimum atomic E-state index is -1.55. The minimum Gasteiger partial charge on any atom is -0.508 e. The predicted molar refractivity (Wildman–Crippen MR) is 200 cm³/mol. The summed E-state index contributed by atoms with van der Waals surface area (Å²) in [5.74, 6) is -7.34. The third-order valence-corrected chi connectivity index (χ3v) is 12.0. The van der Waals surface area contributed by atoms with Crippen LogP contribution >= 0.6 is 0 Å². The van der Waals surface area contributed by atoms with Gasteiger partial charge in [0.1, 0.15) is 5.75 Å². The second-order valence-electron chi connectivity index (χ2n) is 14.7. The van der Waals surface area contributed by atoms with E-state index in [9.17, 15) is 29.4 Å². The van der Waals surface area contributed by atoms with Gasteiger partial charge in [-0.1, -0.05) is 96.1 Å². The first-order valence-electron chi connectivity index (χ1n) is 18.0. The van der Waals surface area contributed by atoms with Crippen molar-refractivity contribution in [1.29, 1.82) is 0 Å². The number of benzene rings is 5. The van der Waals surface area contributed by atoms with Gasteiger partial charge in [0.25, 0.3) is 11.8 Å². The van der Waals surface area contributed by atoms with Gasteiger partial charge < -0.3 is 10.2 Å². The molecule has 0 aromatic heterocycles.